The number of esters is 1. The molecule has 1 aromatic carbocycles. The summed E-state index contributed by atoms with van der Waals surface area (Å²) in [4.78, 5) is 33.6. The number of aliphatic imine (C=N–C) groups is 1. The van der Waals surface area contributed by atoms with E-state index in [0.29, 0.717) is 60.6 Å². The fraction of sp³-hybridized carbons (Fsp3) is 0.481. The lowest BCUT2D eigenvalue weighted by Gasteiger charge is -2.38. The summed E-state index contributed by atoms with van der Waals surface area (Å²) in [6.45, 7) is 0.494. The molecule has 2 aliphatic heterocycles. The van der Waals surface area contributed by atoms with Crippen LogP contribution in [0.5, 0.6) is 0 Å². The summed E-state index contributed by atoms with van der Waals surface area (Å²) in [7, 11) is -2.34. The van der Waals surface area contributed by atoms with Crippen LogP contribution < -0.4 is 5.32 Å². The van der Waals surface area contributed by atoms with E-state index in [0.717, 1.165) is 0 Å². The largest absolute Gasteiger partial charge is 0.481 e. The zero-order valence-corrected chi connectivity index (χ0v) is 24.6. The predicted molar refractivity (Wildman–Crippen MR) is 152 cm³/mol. The van der Waals surface area contributed by atoms with Crippen LogP contribution >= 0.6 is 22.9 Å². The fourth-order valence-corrected chi connectivity index (χ4v) is 8.70. The zero-order chi connectivity index (χ0) is 29.3. The Balaban J connectivity index is 1.43. The van der Waals surface area contributed by atoms with Crippen molar-refractivity contribution in [3.8, 4) is 0 Å². The van der Waals surface area contributed by atoms with Crippen molar-refractivity contribution >= 4 is 50.7 Å². The molecule has 1 atom stereocenters. The van der Waals surface area contributed by atoms with Crippen molar-refractivity contribution in [1.29, 1.82) is 0 Å². The standard InChI is InChI=1S/C27H30ClFN4O6S2/c1-39-27(36)21-22(15-8-11-33(12-9-15)41(37,38)18-5-2-16(3-6-18)26(34)35)31-24(25-30-10-13-40-25)32-23(21)19-7-4-17(29)14-20(19)28/h4,7,10,13-16,18,23H,2-3,5-6,8-9,11-12H2,1H3,(H,31,32)(H,34,35). The highest BCUT2D eigenvalue weighted by Gasteiger charge is 2.41. The van der Waals surface area contributed by atoms with Crippen molar-refractivity contribution in [3.63, 3.8) is 0 Å². The van der Waals surface area contributed by atoms with Gasteiger partial charge >= 0.3 is 11.9 Å². The van der Waals surface area contributed by atoms with Gasteiger partial charge in [-0.25, -0.2) is 26.9 Å². The SMILES string of the molecule is COC(=O)C1=C(C2CCN(S(=O)(=O)C3CCC(C(=O)O)CC3)CC2)NC(c2nccs2)=NC1c1ccc(F)cc1Cl. The predicted octanol–water partition coefficient (Wildman–Crippen LogP) is 4.14. The van der Waals surface area contributed by atoms with Gasteiger partial charge < -0.3 is 15.2 Å². The van der Waals surface area contributed by atoms with Crippen LogP contribution in [0.2, 0.25) is 5.02 Å². The molecule has 1 aliphatic carbocycles. The normalized spacial score (nSPS) is 24.5. The van der Waals surface area contributed by atoms with Gasteiger partial charge in [-0.3, -0.25) is 9.79 Å². The van der Waals surface area contributed by atoms with Crippen LogP contribution in [0.1, 0.15) is 55.1 Å². The highest BCUT2D eigenvalue weighted by atomic mass is 35.5. The molecule has 0 spiro atoms. The summed E-state index contributed by atoms with van der Waals surface area (Å²) in [5.74, 6) is -2.32. The molecule has 10 nitrogen and oxygen atoms in total. The van der Waals surface area contributed by atoms with Crippen LogP contribution in [0.4, 0.5) is 4.39 Å². The number of carboxylic acids is 1. The highest BCUT2D eigenvalue weighted by Crippen LogP contribution is 2.41. The molecule has 1 aromatic heterocycles. The van der Waals surface area contributed by atoms with Gasteiger partial charge in [-0.15, -0.1) is 11.3 Å². The number of nitrogens with one attached hydrogen (secondary N) is 1. The second-order valence-electron chi connectivity index (χ2n) is 10.4. The molecule has 220 valence electrons. The number of hydrogen-bond acceptors (Lipinski definition) is 9. The summed E-state index contributed by atoms with van der Waals surface area (Å²) in [5, 5.41) is 14.5. The molecule has 0 radical (unpaired) electrons. The molecular weight excluding hydrogens is 595 g/mol. The van der Waals surface area contributed by atoms with Crippen LogP contribution in [0.15, 0.2) is 46.0 Å². The topological polar surface area (TPSA) is 138 Å². The number of sulfonamides is 1. The smallest absolute Gasteiger partial charge is 0.338 e. The summed E-state index contributed by atoms with van der Waals surface area (Å²) in [6.07, 6.45) is 3.85. The summed E-state index contributed by atoms with van der Waals surface area (Å²) in [5.41, 5.74) is 1.22. The molecule has 3 heterocycles. The van der Waals surface area contributed by atoms with Crippen molar-refractivity contribution in [1.82, 2.24) is 14.6 Å². The van der Waals surface area contributed by atoms with E-state index < -0.39 is 45.0 Å². The molecular formula is C27H30ClFN4O6S2. The summed E-state index contributed by atoms with van der Waals surface area (Å²) < 4.78 is 47.4. The van der Waals surface area contributed by atoms with Gasteiger partial charge in [-0.2, -0.15) is 0 Å². The van der Waals surface area contributed by atoms with Crippen molar-refractivity contribution < 1.29 is 32.2 Å². The Morgan fingerprint density at radius 1 is 1.17 bits per heavy atom. The first-order valence-electron chi connectivity index (χ1n) is 13.3. The number of allylic oxidation sites excluding steroid dienone is 1. The van der Waals surface area contributed by atoms with Gasteiger partial charge in [-0.05, 0) is 50.7 Å². The Bertz CT molecular complexity index is 1480. The van der Waals surface area contributed by atoms with E-state index in [1.165, 1.54) is 41.0 Å². The number of amidine groups is 1. The first-order valence-corrected chi connectivity index (χ1v) is 16.1. The first kappa shape index (κ1) is 29.6. The minimum Gasteiger partial charge on any atom is -0.481 e. The number of benzene rings is 1. The van der Waals surface area contributed by atoms with Crippen molar-refractivity contribution in [2.75, 3.05) is 20.2 Å². The lowest BCUT2D eigenvalue weighted by atomic mass is 9.86. The monoisotopic (exact) mass is 624 g/mol. The molecule has 1 unspecified atom stereocenters. The van der Waals surface area contributed by atoms with Crippen LogP contribution in [0.3, 0.4) is 0 Å². The summed E-state index contributed by atoms with van der Waals surface area (Å²) in [6, 6.07) is 3.02. The lowest BCUT2D eigenvalue weighted by molar-refractivity contribution is -0.142. The molecule has 0 amide bonds. The van der Waals surface area contributed by atoms with Gasteiger partial charge in [0.05, 0.1) is 23.9 Å². The Hall–Kier alpha value is -2.87. The van der Waals surface area contributed by atoms with Crippen LogP contribution in [-0.2, 0) is 24.3 Å². The Morgan fingerprint density at radius 3 is 2.46 bits per heavy atom. The van der Waals surface area contributed by atoms with Gasteiger partial charge in [-0.1, -0.05) is 17.7 Å². The number of hydrogen-bond donors (Lipinski definition) is 2. The maximum absolute atomic E-state index is 13.9. The number of methoxy groups -OCH3 is 1. The molecule has 0 bridgehead atoms. The van der Waals surface area contributed by atoms with E-state index in [-0.39, 0.29) is 29.6 Å². The van der Waals surface area contributed by atoms with Crippen molar-refractivity contribution in [2.45, 2.75) is 49.8 Å². The number of carboxylic acid groups (broad SMARTS) is 1. The van der Waals surface area contributed by atoms with E-state index in [4.69, 9.17) is 21.3 Å². The van der Waals surface area contributed by atoms with Gasteiger partial charge in [0.2, 0.25) is 10.0 Å². The fourth-order valence-electron chi connectivity index (χ4n) is 5.84. The quantitative estimate of drug-likeness (QED) is 0.439. The number of thiazole rings is 1. The zero-order valence-electron chi connectivity index (χ0n) is 22.3. The number of ether oxygens (including phenoxy) is 1. The number of rotatable bonds is 7. The molecule has 1 saturated carbocycles. The van der Waals surface area contributed by atoms with Gasteiger partial charge in [0.1, 0.15) is 11.9 Å². The summed E-state index contributed by atoms with van der Waals surface area (Å²) >= 11 is 7.79. The van der Waals surface area contributed by atoms with Crippen LogP contribution in [0.25, 0.3) is 0 Å². The Labute approximate surface area is 246 Å². The molecule has 1 saturated heterocycles. The number of aliphatic carboxylic acids is 1. The average Bonchev–Trinajstić information content (AvgIpc) is 3.51. The van der Waals surface area contributed by atoms with E-state index in [1.807, 2.05) is 0 Å². The van der Waals surface area contributed by atoms with E-state index in [2.05, 4.69) is 10.3 Å². The Morgan fingerprint density at radius 2 is 1.88 bits per heavy atom. The second-order valence-corrected chi connectivity index (χ2v) is 13.9. The minimum atomic E-state index is -3.61. The van der Waals surface area contributed by atoms with Crippen LogP contribution in [0, 0.1) is 17.7 Å². The maximum atomic E-state index is 13.9. The van der Waals surface area contributed by atoms with E-state index in [1.54, 1.807) is 11.6 Å². The average molecular weight is 625 g/mol. The number of carbonyl (C=O) groups excluding carboxylic acids is 1. The number of halogens is 2. The third kappa shape index (κ3) is 6.04. The second kappa shape index (κ2) is 12.2. The molecule has 41 heavy (non-hydrogen) atoms. The van der Waals surface area contributed by atoms with Gasteiger partial charge in [0.15, 0.2) is 10.8 Å². The van der Waals surface area contributed by atoms with Crippen molar-refractivity contribution in [2.24, 2.45) is 16.8 Å². The number of carbonyl (C=O) groups is 2. The lowest BCUT2D eigenvalue weighted by Crippen LogP contribution is -2.46. The first-order chi connectivity index (χ1) is 19.6. The molecule has 2 N–H and O–H groups in total. The maximum Gasteiger partial charge on any atom is 0.338 e. The molecule has 2 aromatic rings. The third-order valence-corrected chi connectivity index (χ3v) is 11.5. The molecule has 5 rings (SSSR count). The molecule has 14 heteroatoms. The molecule has 3 aliphatic rings. The van der Waals surface area contributed by atoms with Gasteiger partial charge in [0.25, 0.3) is 0 Å². The Kier molecular flexibility index (Phi) is 8.78. The third-order valence-electron chi connectivity index (χ3n) is 8.04. The van der Waals surface area contributed by atoms with Gasteiger partial charge in [0, 0.05) is 46.9 Å². The number of piperidine rings is 1. The van der Waals surface area contributed by atoms with E-state index in [9.17, 15) is 27.5 Å². The van der Waals surface area contributed by atoms with Crippen LogP contribution in [-0.4, -0.2) is 66.0 Å². The number of aromatic nitrogens is 1. The highest BCUT2D eigenvalue weighted by molar-refractivity contribution is 7.89. The van der Waals surface area contributed by atoms with Crippen molar-refractivity contribution in [3.05, 3.63) is 62.5 Å². The minimum absolute atomic E-state index is 0.110. The molecule has 2 fully saturated rings. The van der Waals surface area contributed by atoms with E-state index >= 15 is 0 Å². The number of nitrogens with zero attached hydrogens (tertiary/aromatic N) is 3.